The summed E-state index contributed by atoms with van der Waals surface area (Å²) in [6.45, 7) is 0.315. The Bertz CT molecular complexity index is 1150. The predicted octanol–water partition coefficient (Wildman–Crippen LogP) is 4.75. The van der Waals surface area contributed by atoms with Gasteiger partial charge in [0.25, 0.3) is 11.8 Å². The molecule has 0 fully saturated rings. The van der Waals surface area contributed by atoms with E-state index in [0.717, 1.165) is 5.56 Å². The van der Waals surface area contributed by atoms with Crippen molar-refractivity contribution >= 4 is 17.5 Å². The molecule has 0 saturated heterocycles. The van der Waals surface area contributed by atoms with E-state index in [1.54, 1.807) is 24.3 Å². The van der Waals surface area contributed by atoms with Gasteiger partial charge in [0, 0.05) is 6.54 Å². The van der Waals surface area contributed by atoms with Crippen molar-refractivity contribution in [3.8, 4) is 28.6 Å². The van der Waals surface area contributed by atoms with Gasteiger partial charge in [0.1, 0.15) is 5.75 Å². The monoisotopic (exact) mass is 419 g/mol. The molecule has 0 spiro atoms. The third-order valence-corrected chi connectivity index (χ3v) is 4.68. The maximum absolute atomic E-state index is 12.2. The van der Waals surface area contributed by atoms with Crippen molar-refractivity contribution in [3.63, 3.8) is 0 Å². The minimum Gasteiger partial charge on any atom is -0.483 e. The third kappa shape index (κ3) is 4.67. The van der Waals surface area contributed by atoms with Crippen molar-refractivity contribution in [1.29, 1.82) is 0 Å². The lowest BCUT2D eigenvalue weighted by Gasteiger charge is -2.10. The zero-order valence-electron chi connectivity index (χ0n) is 15.9. The maximum atomic E-state index is 12.2. The number of ether oxygens (including phenoxy) is 1. The second kappa shape index (κ2) is 9.24. The van der Waals surface area contributed by atoms with Crippen molar-refractivity contribution in [2.45, 2.75) is 6.54 Å². The lowest BCUT2D eigenvalue weighted by Crippen LogP contribution is -2.28. The van der Waals surface area contributed by atoms with Crippen molar-refractivity contribution in [1.82, 2.24) is 15.5 Å². The molecular weight excluding hydrogens is 402 g/mol. The van der Waals surface area contributed by atoms with Gasteiger partial charge in [-0.1, -0.05) is 71.4 Å². The summed E-state index contributed by atoms with van der Waals surface area (Å²) < 4.78 is 11.1. The Labute approximate surface area is 178 Å². The fourth-order valence-corrected chi connectivity index (χ4v) is 3.06. The molecule has 0 radical (unpaired) electrons. The van der Waals surface area contributed by atoms with Crippen LogP contribution in [-0.4, -0.2) is 22.7 Å². The van der Waals surface area contributed by atoms with Gasteiger partial charge < -0.3 is 14.6 Å². The lowest BCUT2D eigenvalue weighted by molar-refractivity contribution is -0.123. The SMILES string of the molecule is O=C(COc1ccccc1-c1noc(-c2ccccc2Cl)n1)NCc1ccccc1. The molecule has 3 aromatic carbocycles. The van der Waals surface area contributed by atoms with E-state index >= 15 is 0 Å². The number of carbonyl (C=O) groups is 1. The van der Waals surface area contributed by atoms with Gasteiger partial charge in [-0.2, -0.15) is 4.98 Å². The normalized spacial score (nSPS) is 10.6. The minimum atomic E-state index is -0.224. The number of halogens is 1. The van der Waals surface area contributed by atoms with Crippen molar-refractivity contribution < 1.29 is 14.1 Å². The molecule has 6 nitrogen and oxygen atoms in total. The predicted molar refractivity (Wildman–Crippen MR) is 114 cm³/mol. The fraction of sp³-hybridized carbons (Fsp3) is 0.0870. The Morgan fingerprint density at radius 2 is 1.63 bits per heavy atom. The molecule has 0 unspecified atom stereocenters. The van der Waals surface area contributed by atoms with E-state index in [4.69, 9.17) is 20.9 Å². The quantitative estimate of drug-likeness (QED) is 0.467. The van der Waals surface area contributed by atoms with Crippen LogP contribution in [0.1, 0.15) is 5.56 Å². The molecular formula is C23H18ClN3O3. The zero-order chi connectivity index (χ0) is 20.8. The number of hydrogen-bond acceptors (Lipinski definition) is 5. The Morgan fingerprint density at radius 3 is 2.43 bits per heavy atom. The first-order valence-corrected chi connectivity index (χ1v) is 9.70. The molecule has 0 saturated carbocycles. The average molecular weight is 420 g/mol. The second-order valence-corrected chi connectivity index (χ2v) is 6.86. The van der Waals surface area contributed by atoms with Gasteiger partial charge in [0.2, 0.25) is 5.82 Å². The van der Waals surface area contributed by atoms with Crippen LogP contribution in [0.25, 0.3) is 22.8 Å². The molecule has 0 aliphatic carbocycles. The van der Waals surface area contributed by atoms with Crippen molar-refractivity contribution in [3.05, 3.63) is 89.4 Å². The lowest BCUT2D eigenvalue weighted by atomic mass is 10.2. The molecule has 0 aliphatic heterocycles. The summed E-state index contributed by atoms with van der Waals surface area (Å²) in [7, 11) is 0. The fourth-order valence-electron chi connectivity index (χ4n) is 2.85. The summed E-state index contributed by atoms with van der Waals surface area (Å²) in [5, 5.41) is 7.39. The largest absolute Gasteiger partial charge is 0.483 e. The van der Waals surface area contributed by atoms with Crippen LogP contribution in [-0.2, 0) is 11.3 Å². The number of para-hydroxylation sites is 1. The van der Waals surface area contributed by atoms with Gasteiger partial charge in [-0.05, 0) is 29.8 Å². The molecule has 7 heteroatoms. The van der Waals surface area contributed by atoms with Crippen molar-refractivity contribution in [2.24, 2.45) is 0 Å². The van der Waals surface area contributed by atoms with Crippen LogP contribution in [0.4, 0.5) is 0 Å². The number of carbonyl (C=O) groups excluding carboxylic acids is 1. The van der Waals surface area contributed by atoms with Crippen LogP contribution in [0.2, 0.25) is 5.02 Å². The highest BCUT2D eigenvalue weighted by Crippen LogP contribution is 2.31. The van der Waals surface area contributed by atoms with Gasteiger partial charge in [-0.15, -0.1) is 0 Å². The van der Waals surface area contributed by atoms with E-state index < -0.39 is 0 Å². The van der Waals surface area contributed by atoms with Gasteiger partial charge >= 0.3 is 0 Å². The van der Waals surface area contributed by atoms with Crippen LogP contribution in [0.5, 0.6) is 5.75 Å². The molecule has 4 rings (SSSR count). The summed E-state index contributed by atoms with van der Waals surface area (Å²) in [6.07, 6.45) is 0. The van der Waals surface area contributed by atoms with E-state index in [1.807, 2.05) is 54.6 Å². The highest BCUT2D eigenvalue weighted by atomic mass is 35.5. The first-order chi connectivity index (χ1) is 14.7. The Morgan fingerprint density at radius 1 is 0.933 bits per heavy atom. The first-order valence-electron chi connectivity index (χ1n) is 9.32. The average Bonchev–Trinajstić information content (AvgIpc) is 3.27. The summed E-state index contributed by atoms with van der Waals surface area (Å²) in [4.78, 5) is 16.6. The highest BCUT2D eigenvalue weighted by molar-refractivity contribution is 6.33. The number of benzene rings is 3. The summed E-state index contributed by atoms with van der Waals surface area (Å²) in [5.41, 5.74) is 2.29. The smallest absolute Gasteiger partial charge is 0.259 e. The van der Waals surface area contributed by atoms with Crippen LogP contribution in [0.15, 0.2) is 83.4 Å². The molecule has 0 aliphatic rings. The van der Waals surface area contributed by atoms with E-state index in [0.29, 0.717) is 40.2 Å². The third-order valence-electron chi connectivity index (χ3n) is 4.35. The number of amides is 1. The van der Waals surface area contributed by atoms with E-state index in [1.165, 1.54) is 0 Å². The summed E-state index contributed by atoms with van der Waals surface area (Å²) in [5.74, 6) is 0.925. The maximum Gasteiger partial charge on any atom is 0.259 e. The highest BCUT2D eigenvalue weighted by Gasteiger charge is 2.16. The standard InChI is InChI=1S/C23H18ClN3O3/c24-19-12-6-4-10-17(19)23-26-22(27-30-23)18-11-5-7-13-20(18)29-15-21(28)25-14-16-8-2-1-3-9-16/h1-13H,14-15H2,(H,25,28). The molecule has 1 amide bonds. The van der Waals surface area contributed by atoms with Gasteiger partial charge in [-0.3, -0.25) is 4.79 Å². The molecule has 1 N–H and O–H groups in total. The van der Waals surface area contributed by atoms with Crippen LogP contribution >= 0.6 is 11.6 Å². The topological polar surface area (TPSA) is 77.2 Å². The number of nitrogens with zero attached hydrogens (tertiary/aromatic N) is 2. The molecule has 0 atom stereocenters. The minimum absolute atomic E-state index is 0.126. The van der Waals surface area contributed by atoms with E-state index in [9.17, 15) is 4.79 Å². The number of hydrogen-bond donors (Lipinski definition) is 1. The number of nitrogens with one attached hydrogen (secondary N) is 1. The zero-order valence-corrected chi connectivity index (χ0v) is 16.7. The molecule has 1 heterocycles. The van der Waals surface area contributed by atoms with Gasteiger partial charge in [-0.25, -0.2) is 0 Å². The molecule has 150 valence electrons. The van der Waals surface area contributed by atoms with E-state index in [2.05, 4.69) is 15.5 Å². The van der Waals surface area contributed by atoms with Crippen LogP contribution in [0.3, 0.4) is 0 Å². The number of aromatic nitrogens is 2. The Balaban J connectivity index is 1.44. The molecule has 4 aromatic rings. The summed E-state index contributed by atoms with van der Waals surface area (Å²) in [6, 6.07) is 24.1. The molecule has 1 aromatic heterocycles. The van der Waals surface area contributed by atoms with Crippen LogP contribution < -0.4 is 10.1 Å². The number of rotatable bonds is 7. The van der Waals surface area contributed by atoms with Crippen molar-refractivity contribution in [2.75, 3.05) is 6.61 Å². The summed E-state index contributed by atoms with van der Waals surface area (Å²) >= 11 is 6.21. The first kappa shape index (κ1) is 19.7. The van der Waals surface area contributed by atoms with E-state index in [-0.39, 0.29) is 12.5 Å². The molecule has 0 bridgehead atoms. The van der Waals surface area contributed by atoms with Gasteiger partial charge in [0.15, 0.2) is 6.61 Å². The van der Waals surface area contributed by atoms with Gasteiger partial charge in [0.05, 0.1) is 16.1 Å². The Kier molecular flexibility index (Phi) is 6.06. The second-order valence-electron chi connectivity index (χ2n) is 6.45. The van der Waals surface area contributed by atoms with Crippen LogP contribution in [0, 0.1) is 0 Å². The Hall–Kier alpha value is -3.64. The molecule has 30 heavy (non-hydrogen) atoms.